The first-order valence-corrected chi connectivity index (χ1v) is 5.78. The Morgan fingerprint density at radius 3 is 2.52 bits per heavy atom. The Labute approximate surface area is 120 Å². The lowest BCUT2D eigenvalue weighted by Gasteiger charge is -2.09. The van der Waals surface area contributed by atoms with Crippen LogP contribution < -0.4 is 5.32 Å². The Balaban J connectivity index is 2.54. The third kappa shape index (κ3) is 2.87. The second-order valence-electron chi connectivity index (χ2n) is 3.88. The molecule has 21 heavy (non-hydrogen) atoms. The number of nitrogens with zero attached hydrogens (tertiary/aromatic N) is 3. The van der Waals surface area contributed by atoms with E-state index in [1.165, 1.54) is 6.92 Å². The number of anilines is 2. The molecule has 0 aliphatic heterocycles. The molecule has 0 atom stereocenters. The first-order valence-electron chi connectivity index (χ1n) is 5.40. The summed E-state index contributed by atoms with van der Waals surface area (Å²) in [6.07, 6.45) is 0. The standard InChI is InChI=1S/C11H6ClF3N4O2/c1-4-9(19(20)21)10(18-11(12)16-4)17-6-3-2-5(13)7(14)8(6)15/h2-3H,1H3,(H,16,17,18). The Morgan fingerprint density at radius 1 is 1.24 bits per heavy atom. The van der Waals surface area contributed by atoms with E-state index in [1.807, 2.05) is 0 Å². The molecular weight excluding hydrogens is 313 g/mol. The van der Waals surface area contributed by atoms with Gasteiger partial charge in [-0.25, -0.2) is 18.2 Å². The zero-order valence-corrected chi connectivity index (χ0v) is 11.1. The molecule has 0 unspecified atom stereocenters. The highest BCUT2D eigenvalue weighted by Crippen LogP contribution is 2.30. The predicted molar refractivity (Wildman–Crippen MR) is 68.0 cm³/mol. The van der Waals surface area contributed by atoms with Gasteiger partial charge in [-0.15, -0.1) is 0 Å². The van der Waals surface area contributed by atoms with Crippen molar-refractivity contribution in [2.45, 2.75) is 6.92 Å². The number of hydrogen-bond acceptors (Lipinski definition) is 5. The van der Waals surface area contributed by atoms with E-state index in [9.17, 15) is 23.3 Å². The topological polar surface area (TPSA) is 81.0 Å². The highest BCUT2D eigenvalue weighted by Gasteiger charge is 2.23. The van der Waals surface area contributed by atoms with Crippen molar-refractivity contribution < 1.29 is 18.1 Å². The van der Waals surface area contributed by atoms with Crippen molar-refractivity contribution in [1.29, 1.82) is 0 Å². The second-order valence-corrected chi connectivity index (χ2v) is 4.22. The summed E-state index contributed by atoms with van der Waals surface area (Å²) in [4.78, 5) is 17.3. The Kier molecular flexibility index (Phi) is 3.94. The van der Waals surface area contributed by atoms with Gasteiger partial charge in [0.05, 0.1) is 10.6 Å². The Hall–Kier alpha value is -2.42. The largest absolute Gasteiger partial charge is 0.332 e. The van der Waals surface area contributed by atoms with Crippen LogP contribution in [0.25, 0.3) is 0 Å². The minimum atomic E-state index is -1.71. The molecule has 1 N–H and O–H groups in total. The first-order chi connectivity index (χ1) is 9.81. The maximum absolute atomic E-state index is 13.6. The number of aryl methyl sites for hydroxylation is 1. The molecule has 1 aromatic heterocycles. The number of nitro groups is 1. The fourth-order valence-corrected chi connectivity index (χ4v) is 1.80. The fraction of sp³-hybridized carbons (Fsp3) is 0.0909. The van der Waals surface area contributed by atoms with E-state index < -0.39 is 39.6 Å². The monoisotopic (exact) mass is 318 g/mol. The SMILES string of the molecule is Cc1nc(Cl)nc(Nc2ccc(F)c(F)c2F)c1[N+](=O)[O-]. The van der Waals surface area contributed by atoms with Crippen molar-refractivity contribution in [2.24, 2.45) is 0 Å². The highest BCUT2D eigenvalue weighted by atomic mass is 35.5. The summed E-state index contributed by atoms with van der Waals surface area (Å²) in [6.45, 7) is 1.30. The van der Waals surface area contributed by atoms with E-state index in [-0.39, 0.29) is 11.0 Å². The maximum atomic E-state index is 13.6. The predicted octanol–water partition coefficient (Wildman–Crippen LogP) is 3.51. The molecule has 1 heterocycles. The van der Waals surface area contributed by atoms with Crippen LogP contribution in [0.3, 0.4) is 0 Å². The molecule has 0 spiro atoms. The van der Waals surface area contributed by atoms with Gasteiger partial charge < -0.3 is 5.32 Å². The van der Waals surface area contributed by atoms with Crippen LogP contribution in [0.4, 0.5) is 30.4 Å². The highest BCUT2D eigenvalue weighted by molar-refractivity contribution is 6.28. The zero-order chi connectivity index (χ0) is 15.7. The smallest absolute Gasteiger partial charge is 0.332 e. The van der Waals surface area contributed by atoms with Crippen LogP contribution in [-0.4, -0.2) is 14.9 Å². The van der Waals surface area contributed by atoms with Crippen molar-refractivity contribution in [2.75, 3.05) is 5.32 Å². The summed E-state index contributed by atoms with van der Waals surface area (Å²) in [5.74, 6) is -5.05. The van der Waals surface area contributed by atoms with Gasteiger partial charge in [0.1, 0.15) is 5.69 Å². The third-order valence-electron chi connectivity index (χ3n) is 2.50. The van der Waals surface area contributed by atoms with Crippen molar-refractivity contribution in [1.82, 2.24) is 9.97 Å². The number of halogens is 4. The molecular formula is C11H6ClF3N4O2. The molecule has 0 radical (unpaired) electrons. The maximum Gasteiger partial charge on any atom is 0.332 e. The average molecular weight is 319 g/mol. The first kappa shape index (κ1) is 15.0. The van der Waals surface area contributed by atoms with Crippen LogP contribution in [0.1, 0.15) is 5.69 Å². The molecule has 0 amide bonds. The molecule has 1 aromatic carbocycles. The molecule has 6 nitrogen and oxygen atoms in total. The minimum absolute atomic E-state index is 0.0644. The van der Waals surface area contributed by atoms with Gasteiger partial charge in [-0.1, -0.05) is 0 Å². The third-order valence-corrected chi connectivity index (χ3v) is 2.67. The second kappa shape index (κ2) is 5.52. The Morgan fingerprint density at radius 2 is 1.90 bits per heavy atom. The lowest BCUT2D eigenvalue weighted by Crippen LogP contribution is -2.06. The van der Waals surface area contributed by atoms with Gasteiger partial charge in [0.25, 0.3) is 0 Å². The van der Waals surface area contributed by atoms with Crippen molar-refractivity contribution in [3.8, 4) is 0 Å². The van der Waals surface area contributed by atoms with Gasteiger partial charge in [-0.3, -0.25) is 10.1 Å². The quantitative estimate of drug-likeness (QED) is 0.405. The summed E-state index contributed by atoms with van der Waals surface area (Å²) in [6, 6.07) is 1.55. The lowest BCUT2D eigenvalue weighted by molar-refractivity contribution is -0.385. The van der Waals surface area contributed by atoms with Crippen LogP contribution in [-0.2, 0) is 0 Å². The summed E-state index contributed by atoms with van der Waals surface area (Å²) in [5, 5.41) is 12.9. The fourth-order valence-electron chi connectivity index (χ4n) is 1.59. The molecule has 0 bridgehead atoms. The summed E-state index contributed by atoms with van der Waals surface area (Å²) >= 11 is 5.58. The summed E-state index contributed by atoms with van der Waals surface area (Å²) < 4.78 is 39.5. The van der Waals surface area contributed by atoms with Crippen molar-refractivity contribution >= 4 is 28.8 Å². The van der Waals surface area contributed by atoms with E-state index in [2.05, 4.69) is 15.3 Å². The molecule has 0 saturated heterocycles. The van der Waals surface area contributed by atoms with E-state index in [0.717, 1.165) is 6.07 Å². The van der Waals surface area contributed by atoms with Gasteiger partial charge in [0.2, 0.25) is 11.1 Å². The van der Waals surface area contributed by atoms with Crippen LogP contribution >= 0.6 is 11.6 Å². The minimum Gasteiger partial charge on any atom is -0.332 e. The van der Waals surface area contributed by atoms with Gasteiger partial charge in [0.15, 0.2) is 17.5 Å². The summed E-state index contributed by atoms with van der Waals surface area (Å²) in [7, 11) is 0. The zero-order valence-electron chi connectivity index (χ0n) is 10.3. The van der Waals surface area contributed by atoms with Gasteiger partial charge >= 0.3 is 5.69 Å². The van der Waals surface area contributed by atoms with E-state index in [0.29, 0.717) is 6.07 Å². The molecule has 0 fully saturated rings. The van der Waals surface area contributed by atoms with Gasteiger partial charge in [-0.05, 0) is 30.7 Å². The number of aromatic nitrogens is 2. The normalized spacial score (nSPS) is 10.5. The van der Waals surface area contributed by atoms with E-state index in [4.69, 9.17) is 11.6 Å². The molecule has 2 aromatic rings. The van der Waals surface area contributed by atoms with Crippen LogP contribution in [0, 0.1) is 34.5 Å². The molecule has 0 aliphatic rings. The van der Waals surface area contributed by atoms with Gasteiger partial charge in [-0.2, -0.15) is 4.98 Å². The molecule has 0 aliphatic carbocycles. The van der Waals surface area contributed by atoms with E-state index >= 15 is 0 Å². The van der Waals surface area contributed by atoms with E-state index in [1.54, 1.807) is 0 Å². The number of hydrogen-bond donors (Lipinski definition) is 1. The summed E-state index contributed by atoms with van der Waals surface area (Å²) in [5.41, 5.74) is -1.14. The molecule has 10 heteroatoms. The number of nitrogens with one attached hydrogen (secondary N) is 1. The molecule has 110 valence electrons. The molecule has 0 saturated carbocycles. The molecule has 2 rings (SSSR count). The van der Waals surface area contributed by atoms with Gasteiger partial charge in [0, 0.05) is 0 Å². The van der Waals surface area contributed by atoms with Crippen LogP contribution in [0.15, 0.2) is 12.1 Å². The van der Waals surface area contributed by atoms with Crippen LogP contribution in [0.2, 0.25) is 5.28 Å². The van der Waals surface area contributed by atoms with Crippen LogP contribution in [0.5, 0.6) is 0 Å². The number of benzene rings is 1. The number of rotatable bonds is 3. The van der Waals surface area contributed by atoms with Crippen molar-refractivity contribution in [3.63, 3.8) is 0 Å². The van der Waals surface area contributed by atoms with Crippen molar-refractivity contribution in [3.05, 3.63) is 50.7 Å². The Bertz CT molecular complexity index is 742. The average Bonchev–Trinajstić information content (AvgIpc) is 2.38. The lowest BCUT2D eigenvalue weighted by atomic mass is 10.2.